The van der Waals surface area contributed by atoms with Gasteiger partial charge in [0.15, 0.2) is 0 Å². The molecule has 1 N–H and O–H groups in total. The highest BCUT2D eigenvalue weighted by Gasteiger charge is 2.31. The summed E-state index contributed by atoms with van der Waals surface area (Å²) < 4.78 is 0. The summed E-state index contributed by atoms with van der Waals surface area (Å²) >= 11 is 0. The molecule has 2 aliphatic rings. The van der Waals surface area contributed by atoms with Gasteiger partial charge in [-0.2, -0.15) is 0 Å². The van der Waals surface area contributed by atoms with Crippen molar-refractivity contribution in [2.45, 2.75) is 13.0 Å². The molecule has 1 saturated heterocycles. The fourth-order valence-electron chi connectivity index (χ4n) is 2.69. The minimum atomic E-state index is -0.0690. The second-order valence-corrected chi connectivity index (χ2v) is 5.01. The van der Waals surface area contributed by atoms with Crippen LogP contribution in [0.1, 0.15) is 22.3 Å². The summed E-state index contributed by atoms with van der Waals surface area (Å²) in [6.45, 7) is 1.40. The zero-order valence-corrected chi connectivity index (χ0v) is 10.7. The molecule has 1 aromatic rings. The quantitative estimate of drug-likeness (QED) is 0.513. The highest BCUT2D eigenvalue weighted by atomic mass is 16.2. The SMILES string of the molecule is [N-]=[N+]=NCC1CC(=O)N(c2ccc3c(c2)CNC3=O)C1. The smallest absolute Gasteiger partial charge is 0.251 e. The van der Waals surface area contributed by atoms with Crippen LogP contribution in [0.3, 0.4) is 0 Å². The van der Waals surface area contributed by atoms with Crippen LogP contribution in [0.15, 0.2) is 23.3 Å². The van der Waals surface area contributed by atoms with Gasteiger partial charge in [-0.3, -0.25) is 9.59 Å². The van der Waals surface area contributed by atoms with E-state index < -0.39 is 0 Å². The molecule has 0 saturated carbocycles. The van der Waals surface area contributed by atoms with Gasteiger partial charge < -0.3 is 10.2 Å². The van der Waals surface area contributed by atoms with E-state index in [1.165, 1.54) is 0 Å². The Balaban J connectivity index is 1.81. The molecule has 1 aromatic carbocycles. The van der Waals surface area contributed by atoms with E-state index in [1.807, 2.05) is 6.07 Å². The normalized spacial score (nSPS) is 20.6. The Labute approximate surface area is 115 Å². The second-order valence-electron chi connectivity index (χ2n) is 5.01. The number of azide groups is 1. The standard InChI is InChI=1S/C13H13N5O2/c14-17-16-5-8-3-12(19)18(7-8)10-1-2-11-9(4-10)6-15-13(11)20/h1-2,4,8H,3,5-7H2,(H,15,20). The van der Waals surface area contributed by atoms with Crippen molar-refractivity contribution in [2.75, 3.05) is 18.0 Å². The van der Waals surface area contributed by atoms with Crippen molar-refractivity contribution in [1.82, 2.24) is 5.32 Å². The molecular formula is C13H13N5O2. The monoisotopic (exact) mass is 271 g/mol. The lowest BCUT2D eigenvalue weighted by atomic mass is 10.1. The largest absolute Gasteiger partial charge is 0.348 e. The molecule has 7 heteroatoms. The zero-order valence-electron chi connectivity index (χ0n) is 10.7. The zero-order chi connectivity index (χ0) is 14.1. The molecule has 0 bridgehead atoms. The van der Waals surface area contributed by atoms with Gasteiger partial charge in [-0.25, -0.2) is 0 Å². The van der Waals surface area contributed by atoms with E-state index in [2.05, 4.69) is 15.3 Å². The summed E-state index contributed by atoms with van der Waals surface area (Å²) in [5, 5.41) is 6.28. The van der Waals surface area contributed by atoms with E-state index in [9.17, 15) is 9.59 Å². The first-order valence-corrected chi connectivity index (χ1v) is 6.41. The van der Waals surface area contributed by atoms with Gasteiger partial charge in [0.25, 0.3) is 5.91 Å². The van der Waals surface area contributed by atoms with Crippen molar-refractivity contribution in [1.29, 1.82) is 0 Å². The molecule has 1 atom stereocenters. The lowest BCUT2D eigenvalue weighted by molar-refractivity contribution is -0.117. The van der Waals surface area contributed by atoms with Crippen molar-refractivity contribution < 1.29 is 9.59 Å². The number of benzene rings is 1. The summed E-state index contributed by atoms with van der Waals surface area (Å²) in [5.74, 6) is 0.0207. The van der Waals surface area contributed by atoms with Crippen molar-refractivity contribution in [3.05, 3.63) is 39.8 Å². The van der Waals surface area contributed by atoms with Crippen LogP contribution < -0.4 is 10.2 Å². The van der Waals surface area contributed by atoms with Crippen LogP contribution in [0.25, 0.3) is 10.4 Å². The predicted molar refractivity (Wildman–Crippen MR) is 72.1 cm³/mol. The number of nitrogens with zero attached hydrogens (tertiary/aromatic N) is 4. The molecule has 2 heterocycles. The van der Waals surface area contributed by atoms with Crippen molar-refractivity contribution in [3.8, 4) is 0 Å². The molecule has 0 radical (unpaired) electrons. The van der Waals surface area contributed by atoms with Gasteiger partial charge in [-0.1, -0.05) is 5.11 Å². The fraction of sp³-hybridized carbons (Fsp3) is 0.385. The maximum atomic E-state index is 12.0. The van der Waals surface area contributed by atoms with E-state index in [4.69, 9.17) is 5.53 Å². The minimum absolute atomic E-state index is 0.0281. The van der Waals surface area contributed by atoms with Crippen molar-refractivity contribution in [2.24, 2.45) is 11.0 Å². The van der Waals surface area contributed by atoms with E-state index in [0.29, 0.717) is 31.6 Å². The number of hydrogen-bond acceptors (Lipinski definition) is 3. The fourth-order valence-corrected chi connectivity index (χ4v) is 2.69. The van der Waals surface area contributed by atoms with Crippen LogP contribution in [-0.2, 0) is 11.3 Å². The van der Waals surface area contributed by atoms with E-state index in [0.717, 1.165) is 11.3 Å². The first-order valence-electron chi connectivity index (χ1n) is 6.41. The third kappa shape index (κ3) is 2.08. The van der Waals surface area contributed by atoms with Crippen molar-refractivity contribution >= 4 is 17.5 Å². The summed E-state index contributed by atoms with van der Waals surface area (Å²) in [4.78, 5) is 27.9. The number of fused-ring (bicyclic) bond motifs is 1. The Morgan fingerprint density at radius 3 is 3.10 bits per heavy atom. The number of carbonyl (C=O) groups excluding carboxylic acids is 2. The average Bonchev–Trinajstić information content (AvgIpc) is 3.00. The average molecular weight is 271 g/mol. The number of anilines is 1. The molecular weight excluding hydrogens is 258 g/mol. The van der Waals surface area contributed by atoms with Gasteiger partial charge >= 0.3 is 0 Å². The molecule has 7 nitrogen and oxygen atoms in total. The first kappa shape index (κ1) is 12.5. The van der Waals surface area contributed by atoms with Gasteiger partial charge in [0.1, 0.15) is 0 Å². The highest BCUT2D eigenvalue weighted by Crippen LogP contribution is 2.28. The Hall–Kier alpha value is -2.53. The van der Waals surface area contributed by atoms with Crippen LogP contribution in [0.4, 0.5) is 5.69 Å². The van der Waals surface area contributed by atoms with Crippen LogP contribution in [0.5, 0.6) is 0 Å². The number of hydrogen-bond donors (Lipinski definition) is 1. The summed E-state index contributed by atoms with van der Waals surface area (Å²) in [6, 6.07) is 5.42. The molecule has 0 aliphatic carbocycles. The van der Waals surface area contributed by atoms with Gasteiger partial charge in [0, 0.05) is 42.2 Å². The highest BCUT2D eigenvalue weighted by molar-refractivity contribution is 6.00. The third-order valence-corrected chi connectivity index (χ3v) is 3.69. The van der Waals surface area contributed by atoms with Crippen LogP contribution >= 0.6 is 0 Å². The van der Waals surface area contributed by atoms with Crippen molar-refractivity contribution in [3.63, 3.8) is 0 Å². The van der Waals surface area contributed by atoms with Gasteiger partial charge in [-0.05, 0) is 35.2 Å². The topological polar surface area (TPSA) is 98.2 Å². The molecule has 2 amide bonds. The van der Waals surface area contributed by atoms with Crippen LogP contribution in [0.2, 0.25) is 0 Å². The van der Waals surface area contributed by atoms with E-state index >= 15 is 0 Å². The number of amides is 2. The Morgan fingerprint density at radius 1 is 1.45 bits per heavy atom. The molecule has 1 unspecified atom stereocenters. The summed E-state index contributed by atoms with van der Waals surface area (Å²) in [7, 11) is 0. The summed E-state index contributed by atoms with van der Waals surface area (Å²) in [6.07, 6.45) is 0.396. The molecule has 1 fully saturated rings. The molecule has 102 valence electrons. The van der Waals surface area contributed by atoms with Crippen LogP contribution in [0, 0.1) is 5.92 Å². The third-order valence-electron chi connectivity index (χ3n) is 3.69. The number of nitrogens with one attached hydrogen (secondary N) is 1. The maximum Gasteiger partial charge on any atom is 0.251 e. The molecule has 0 aromatic heterocycles. The number of carbonyl (C=O) groups is 2. The first-order chi connectivity index (χ1) is 9.69. The summed E-state index contributed by atoms with van der Waals surface area (Å²) in [5.41, 5.74) is 10.7. The Bertz CT molecular complexity index is 636. The lowest BCUT2D eigenvalue weighted by Crippen LogP contribution is -2.24. The molecule has 3 rings (SSSR count). The van der Waals surface area contributed by atoms with Gasteiger partial charge in [0.05, 0.1) is 0 Å². The lowest BCUT2D eigenvalue weighted by Gasteiger charge is -2.17. The maximum absolute atomic E-state index is 12.0. The predicted octanol–water partition coefficient (Wildman–Crippen LogP) is 1.59. The van der Waals surface area contributed by atoms with E-state index in [1.54, 1.807) is 17.0 Å². The Kier molecular flexibility index (Phi) is 3.04. The van der Waals surface area contributed by atoms with Gasteiger partial charge in [-0.15, -0.1) is 0 Å². The minimum Gasteiger partial charge on any atom is -0.348 e. The second kappa shape index (κ2) is 4.86. The molecule has 0 spiro atoms. The Morgan fingerprint density at radius 2 is 2.30 bits per heavy atom. The molecule has 2 aliphatic heterocycles. The van der Waals surface area contributed by atoms with E-state index in [-0.39, 0.29) is 17.7 Å². The molecule has 20 heavy (non-hydrogen) atoms. The van der Waals surface area contributed by atoms with Crippen LogP contribution in [-0.4, -0.2) is 24.9 Å². The number of rotatable bonds is 3. The van der Waals surface area contributed by atoms with Gasteiger partial charge in [0.2, 0.25) is 5.91 Å².